The molecule has 0 saturated carbocycles. The molecule has 0 aliphatic carbocycles. The Bertz CT molecular complexity index is 558. The molecule has 2 rings (SSSR count). The van der Waals surface area contributed by atoms with E-state index >= 15 is 0 Å². The molecule has 0 radical (unpaired) electrons. The van der Waals surface area contributed by atoms with E-state index in [4.69, 9.17) is 19.8 Å². The van der Waals surface area contributed by atoms with E-state index in [1.54, 1.807) is 20.3 Å². The van der Waals surface area contributed by atoms with E-state index in [0.717, 1.165) is 5.69 Å². The summed E-state index contributed by atoms with van der Waals surface area (Å²) in [5.74, 6) is 0. The van der Waals surface area contributed by atoms with Gasteiger partial charge in [0.15, 0.2) is 11.0 Å². The molecule has 0 saturated heterocycles. The third-order valence-electron chi connectivity index (χ3n) is 3.21. The summed E-state index contributed by atoms with van der Waals surface area (Å²) in [7, 11) is 3.36. The topological polar surface area (TPSA) is 86.6 Å². The number of ether oxygens (including phenoxy) is 2. The Morgan fingerprint density at radius 1 is 1.25 bits per heavy atom. The molecule has 1 aromatic carbocycles. The van der Waals surface area contributed by atoms with Crippen LogP contribution in [0.1, 0.15) is 6.92 Å². The average molecular weight is 280 g/mol. The van der Waals surface area contributed by atoms with Crippen LogP contribution in [0, 0.1) is 0 Å². The molecular formula is C13H20N4O3. The number of nitrogen functional groups attached to an aromatic ring is 1. The Kier molecular flexibility index (Phi) is 4.75. The number of methoxy groups -OCH3 is 2. The minimum atomic E-state index is 0.165. The zero-order valence-electron chi connectivity index (χ0n) is 12.0. The molecular weight excluding hydrogens is 260 g/mol. The summed E-state index contributed by atoms with van der Waals surface area (Å²) < 4.78 is 15.2. The second-order valence-electron chi connectivity index (χ2n) is 4.63. The van der Waals surface area contributed by atoms with Crippen LogP contribution in [0.3, 0.4) is 0 Å². The molecule has 1 heterocycles. The number of hydrogen-bond acceptors (Lipinski definition) is 7. The molecule has 20 heavy (non-hydrogen) atoms. The second-order valence-corrected chi connectivity index (χ2v) is 4.63. The number of hydrogen-bond donors (Lipinski definition) is 1. The minimum Gasteiger partial charge on any atom is -0.397 e. The van der Waals surface area contributed by atoms with Crippen LogP contribution in [0.15, 0.2) is 16.8 Å². The molecule has 1 aromatic heterocycles. The van der Waals surface area contributed by atoms with Crippen molar-refractivity contribution in [2.75, 3.05) is 44.6 Å². The molecule has 7 nitrogen and oxygen atoms in total. The summed E-state index contributed by atoms with van der Waals surface area (Å²) >= 11 is 0. The normalized spacial score (nSPS) is 12.8. The summed E-state index contributed by atoms with van der Waals surface area (Å²) in [5.41, 5.74) is 8.57. The van der Waals surface area contributed by atoms with Gasteiger partial charge < -0.3 is 20.1 Å². The van der Waals surface area contributed by atoms with E-state index in [2.05, 4.69) is 22.1 Å². The molecule has 110 valence electrons. The fourth-order valence-corrected chi connectivity index (χ4v) is 2.20. The molecule has 0 aliphatic heterocycles. The SMILES string of the molecule is COCCN(c1ccc(N)c2nonc12)C(C)COC. The van der Waals surface area contributed by atoms with Gasteiger partial charge in [-0.05, 0) is 29.4 Å². The van der Waals surface area contributed by atoms with Crippen LogP contribution in [0.2, 0.25) is 0 Å². The first-order valence-corrected chi connectivity index (χ1v) is 6.44. The summed E-state index contributed by atoms with van der Waals surface area (Å²) in [6.07, 6.45) is 0. The lowest BCUT2D eigenvalue weighted by atomic mass is 10.2. The highest BCUT2D eigenvalue weighted by molar-refractivity contribution is 5.95. The van der Waals surface area contributed by atoms with E-state index in [0.29, 0.717) is 36.5 Å². The Labute approximate surface area is 117 Å². The maximum Gasteiger partial charge on any atom is 0.160 e. The number of aromatic nitrogens is 2. The predicted octanol–water partition coefficient (Wildman–Crippen LogP) is 1.29. The van der Waals surface area contributed by atoms with Crippen molar-refractivity contribution in [3.63, 3.8) is 0 Å². The quantitative estimate of drug-likeness (QED) is 0.765. The van der Waals surface area contributed by atoms with Crippen molar-refractivity contribution in [3.8, 4) is 0 Å². The van der Waals surface area contributed by atoms with E-state index < -0.39 is 0 Å². The lowest BCUT2D eigenvalue weighted by Crippen LogP contribution is -2.38. The van der Waals surface area contributed by atoms with Gasteiger partial charge in [0.05, 0.1) is 24.6 Å². The summed E-state index contributed by atoms with van der Waals surface area (Å²) in [6, 6.07) is 3.89. The maximum absolute atomic E-state index is 5.87. The zero-order valence-corrected chi connectivity index (χ0v) is 12.0. The van der Waals surface area contributed by atoms with E-state index in [-0.39, 0.29) is 6.04 Å². The summed E-state index contributed by atoms with van der Waals surface area (Å²) in [5, 5.41) is 7.81. The monoisotopic (exact) mass is 280 g/mol. The van der Waals surface area contributed by atoms with Crippen molar-refractivity contribution in [1.29, 1.82) is 0 Å². The van der Waals surface area contributed by atoms with Gasteiger partial charge in [0.2, 0.25) is 0 Å². The van der Waals surface area contributed by atoms with Crippen molar-refractivity contribution in [2.24, 2.45) is 0 Å². The first-order valence-electron chi connectivity index (χ1n) is 6.44. The smallest absolute Gasteiger partial charge is 0.160 e. The Morgan fingerprint density at radius 3 is 2.70 bits per heavy atom. The van der Waals surface area contributed by atoms with Gasteiger partial charge in [0.1, 0.15) is 0 Å². The molecule has 0 bridgehead atoms. The number of nitrogens with two attached hydrogens (primary N) is 1. The van der Waals surface area contributed by atoms with Crippen molar-refractivity contribution in [1.82, 2.24) is 10.3 Å². The molecule has 0 aliphatic rings. The van der Waals surface area contributed by atoms with Gasteiger partial charge in [0.25, 0.3) is 0 Å². The van der Waals surface area contributed by atoms with E-state index in [1.165, 1.54) is 0 Å². The van der Waals surface area contributed by atoms with Gasteiger partial charge in [-0.25, -0.2) is 4.63 Å². The highest BCUT2D eigenvalue weighted by Gasteiger charge is 2.20. The van der Waals surface area contributed by atoms with Gasteiger partial charge in [-0.3, -0.25) is 0 Å². The van der Waals surface area contributed by atoms with Crippen LogP contribution in [-0.4, -0.2) is 50.3 Å². The van der Waals surface area contributed by atoms with Gasteiger partial charge >= 0.3 is 0 Å². The van der Waals surface area contributed by atoms with Crippen LogP contribution in [0.4, 0.5) is 11.4 Å². The number of anilines is 2. The predicted molar refractivity (Wildman–Crippen MR) is 76.8 cm³/mol. The lowest BCUT2D eigenvalue weighted by Gasteiger charge is -2.30. The minimum absolute atomic E-state index is 0.165. The molecule has 7 heteroatoms. The highest BCUT2D eigenvalue weighted by atomic mass is 16.6. The zero-order chi connectivity index (χ0) is 14.5. The van der Waals surface area contributed by atoms with Gasteiger partial charge in [-0.15, -0.1) is 0 Å². The molecule has 2 aromatic rings. The van der Waals surface area contributed by atoms with Crippen LogP contribution in [0.5, 0.6) is 0 Å². The third kappa shape index (κ3) is 2.83. The van der Waals surface area contributed by atoms with Gasteiger partial charge in [-0.1, -0.05) is 0 Å². The van der Waals surface area contributed by atoms with Crippen LogP contribution in [-0.2, 0) is 9.47 Å². The number of benzene rings is 1. The van der Waals surface area contributed by atoms with Crippen molar-refractivity contribution in [2.45, 2.75) is 13.0 Å². The fourth-order valence-electron chi connectivity index (χ4n) is 2.20. The average Bonchev–Trinajstić information content (AvgIpc) is 2.92. The van der Waals surface area contributed by atoms with E-state index in [1.807, 2.05) is 6.07 Å². The van der Waals surface area contributed by atoms with E-state index in [9.17, 15) is 0 Å². The van der Waals surface area contributed by atoms with Crippen LogP contribution < -0.4 is 10.6 Å². The molecule has 1 unspecified atom stereocenters. The number of rotatable bonds is 7. The lowest BCUT2D eigenvalue weighted by molar-refractivity contribution is 0.171. The first kappa shape index (κ1) is 14.5. The van der Waals surface area contributed by atoms with Gasteiger partial charge in [0, 0.05) is 26.8 Å². The van der Waals surface area contributed by atoms with Crippen molar-refractivity contribution >= 4 is 22.4 Å². The van der Waals surface area contributed by atoms with Crippen LogP contribution >= 0.6 is 0 Å². The number of fused-ring (bicyclic) bond motifs is 1. The molecule has 0 fully saturated rings. The van der Waals surface area contributed by atoms with Gasteiger partial charge in [-0.2, -0.15) is 0 Å². The largest absolute Gasteiger partial charge is 0.397 e. The fraction of sp³-hybridized carbons (Fsp3) is 0.538. The highest BCUT2D eigenvalue weighted by Crippen LogP contribution is 2.29. The third-order valence-corrected chi connectivity index (χ3v) is 3.21. The molecule has 1 atom stereocenters. The standard InChI is InChI=1S/C13H20N4O3/c1-9(8-19-3)17(6-7-18-2)11-5-4-10(14)12-13(11)16-20-15-12/h4-5,9H,6-8,14H2,1-3H3. The summed E-state index contributed by atoms with van der Waals surface area (Å²) in [4.78, 5) is 2.15. The Balaban J connectivity index is 2.39. The second kappa shape index (κ2) is 6.53. The molecule has 2 N–H and O–H groups in total. The molecule has 0 spiro atoms. The summed E-state index contributed by atoms with van der Waals surface area (Å²) in [6.45, 7) is 3.99. The maximum atomic E-state index is 5.87. The van der Waals surface area contributed by atoms with Crippen molar-refractivity contribution < 1.29 is 14.1 Å². The molecule has 0 amide bonds. The van der Waals surface area contributed by atoms with Crippen LogP contribution in [0.25, 0.3) is 11.0 Å². The Morgan fingerprint density at radius 2 is 2.00 bits per heavy atom. The Hall–Kier alpha value is -1.86. The van der Waals surface area contributed by atoms with Crippen molar-refractivity contribution in [3.05, 3.63) is 12.1 Å². The first-order chi connectivity index (χ1) is 9.69. The number of nitrogens with zero attached hydrogens (tertiary/aromatic N) is 3.